The molecule has 0 unspecified atom stereocenters. The van der Waals surface area contributed by atoms with E-state index in [4.69, 9.17) is 37.9 Å². The van der Waals surface area contributed by atoms with Gasteiger partial charge in [-0.1, -0.05) is 152 Å². The van der Waals surface area contributed by atoms with E-state index in [-0.39, 0.29) is 71.9 Å². The number of amides is 1. The fourth-order valence-corrected chi connectivity index (χ4v) is 7.95. The molecule has 1 amide bonds. The summed E-state index contributed by atoms with van der Waals surface area (Å²) in [6.07, 6.45) is 0.888. The number of nitrogens with one attached hydrogen (secondary N) is 1. The summed E-state index contributed by atoms with van der Waals surface area (Å²) in [5.41, 5.74) is -0.548. The Morgan fingerprint density at radius 3 is 1.02 bits per heavy atom. The lowest BCUT2D eigenvalue weighted by atomic mass is 9.92. The first-order valence-corrected chi connectivity index (χ1v) is 23.7. The van der Waals surface area contributed by atoms with Crippen LogP contribution >= 0.6 is 64.8 Å². The highest BCUT2D eigenvalue weighted by atomic mass is 33.1. The van der Waals surface area contributed by atoms with Gasteiger partial charge >= 0.3 is 0 Å². The monoisotopic (exact) mass is 900 g/mol. The number of rotatable bonds is 39. The van der Waals surface area contributed by atoms with Gasteiger partial charge in [-0.25, -0.2) is 0 Å². The summed E-state index contributed by atoms with van der Waals surface area (Å²) in [7, 11) is 11.0. The minimum absolute atomic E-state index is 0. The molecule has 0 atom stereocenters. The fourth-order valence-electron chi connectivity index (χ4n) is 3.37. The van der Waals surface area contributed by atoms with Crippen LogP contribution in [0.15, 0.2) is 0 Å². The van der Waals surface area contributed by atoms with E-state index >= 15 is 0 Å². The maximum Gasteiger partial charge on any atom is 0.245 e. The molecule has 10 nitrogen and oxygen atoms in total. The average Bonchev–Trinajstić information content (AvgIpc) is 3.06. The molecule has 340 valence electrons. The molecular formula is C38H93NO9S6. The molecule has 0 fully saturated rings. The summed E-state index contributed by atoms with van der Waals surface area (Å²) in [6.45, 7) is 16.3. The second-order valence-corrected chi connectivity index (χ2v) is 18.2. The van der Waals surface area contributed by atoms with Crippen molar-refractivity contribution in [3.8, 4) is 0 Å². The van der Waals surface area contributed by atoms with Gasteiger partial charge in [-0.05, 0) is 6.42 Å². The molecular weight excluding hydrogens is 807 g/mol. The van der Waals surface area contributed by atoms with Crippen molar-refractivity contribution in [1.29, 1.82) is 0 Å². The van der Waals surface area contributed by atoms with E-state index in [0.717, 1.165) is 40.9 Å². The van der Waals surface area contributed by atoms with Gasteiger partial charge in [0.15, 0.2) is 0 Å². The minimum Gasteiger partial charge on any atom is -0.378 e. The van der Waals surface area contributed by atoms with Crippen LogP contribution in [0.5, 0.6) is 0 Å². The van der Waals surface area contributed by atoms with Crippen LogP contribution in [-0.4, -0.2) is 153 Å². The molecule has 0 aliphatic rings. The van der Waals surface area contributed by atoms with E-state index in [9.17, 15) is 4.79 Å². The van der Waals surface area contributed by atoms with E-state index in [1.807, 2.05) is 71.7 Å². The summed E-state index contributed by atoms with van der Waals surface area (Å²) in [6, 6.07) is 0. The van der Waals surface area contributed by atoms with Gasteiger partial charge in [0.1, 0.15) is 6.61 Å². The molecule has 0 rings (SSSR count). The molecule has 0 spiro atoms. The second kappa shape index (κ2) is 63.4. The molecule has 0 saturated heterocycles. The summed E-state index contributed by atoms with van der Waals surface area (Å²) in [4.78, 5) is 11.8. The van der Waals surface area contributed by atoms with Crippen LogP contribution in [0.1, 0.15) is 93.5 Å². The van der Waals surface area contributed by atoms with E-state index in [0.29, 0.717) is 106 Å². The minimum atomic E-state index is -0.548. The second-order valence-electron chi connectivity index (χ2n) is 9.64. The molecule has 0 aromatic heterocycles. The quantitative estimate of drug-likeness (QED) is 0.0467. The first-order valence-electron chi connectivity index (χ1n) is 16.3. The molecule has 0 aromatic carbocycles. The van der Waals surface area contributed by atoms with Crippen molar-refractivity contribution in [2.24, 2.45) is 5.41 Å². The molecule has 0 aromatic rings. The summed E-state index contributed by atoms with van der Waals surface area (Å²) in [5, 5.41) is 2.81. The zero-order chi connectivity index (χ0) is 33.7. The Morgan fingerprint density at radius 2 is 0.722 bits per heavy atom. The number of carbonyl (C=O) groups excluding carboxylic acids is 1. The van der Waals surface area contributed by atoms with Gasteiger partial charge in [0.05, 0.1) is 105 Å². The van der Waals surface area contributed by atoms with Crippen molar-refractivity contribution < 1.29 is 42.7 Å². The predicted molar refractivity (Wildman–Crippen MR) is 258 cm³/mol. The third kappa shape index (κ3) is 55.3. The molecule has 16 heteroatoms. The van der Waals surface area contributed by atoms with Gasteiger partial charge in [0, 0.05) is 41.1 Å². The Labute approximate surface area is 362 Å². The van der Waals surface area contributed by atoms with Gasteiger partial charge in [-0.2, -0.15) is 0 Å². The van der Waals surface area contributed by atoms with E-state index in [1.54, 1.807) is 0 Å². The topological polar surface area (TPSA) is 103 Å². The number of ether oxygens (including phenoxy) is 8. The number of hydrogen-bond donors (Lipinski definition) is 1. The van der Waals surface area contributed by atoms with Gasteiger partial charge in [0.2, 0.25) is 5.91 Å². The maximum absolute atomic E-state index is 11.8. The van der Waals surface area contributed by atoms with Crippen LogP contribution in [-0.2, 0) is 42.7 Å². The number of hydrogen-bond acceptors (Lipinski definition) is 15. The Morgan fingerprint density at radius 1 is 0.426 bits per heavy atom. The Balaban J connectivity index is -0.000000362. The van der Waals surface area contributed by atoms with Crippen molar-refractivity contribution in [2.75, 3.05) is 147 Å². The summed E-state index contributed by atoms with van der Waals surface area (Å²) < 4.78 is 47.1. The van der Waals surface area contributed by atoms with Crippen LogP contribution < -0.4 is 5.32 Å². The highest BCUT2D eigenvalue weighted by Crippen LogP contribution is 2.22. The molecule has 0 saturated carbocycles. The van der Waals surface area contributed by atoms with Crippen LogP contribution in [0.25, 0.3) is 0 Å². The lowest BCUT2D eigenvalue weighted by Gasteiger charge is -2.33. The van der Waals surface area contributed by atoms with E-state index in [1.165, 1.54) is 0 Å². The predicted octanol–water partition coefficient (Wildman–Crippen LogP) is 10.9. The van der Waals surface area contributed by atoms with Gasteiger partial charge < -0.3 is 43.2 Å². The molecule has 0 heterocycles. The Kier molecular flexibility index (Phi) is 89.3. The number of carbonyl (C=O) groups is 1. The van der Waals surface area contributed by atoms with Crippen molar-refractivity contribution in [2.45, 2.75) is 93.5 Å². The van der Waals surface area contributed by atoms with Gasteiger partial charge in [-0.3, -0.25) is 4.79 Å². The van der Waals surface area contributed by atoms with Crippen molar-refractivity contribution in [3.05, 3.63) is 0 Å². The zero-order valence-corrected chi connectivity index (χ0v) is 33.5. The van der Waals surface area contributed by atoms with Gasteiger partial charge in [-0.15, -0.1) is 0 Å². The highest BCUT2D eigenvalue weighted by Gasteiger charge is 2.32. The van der Waals surface area contributed by atoms with Gasteiger partial charge in [0.25, 0.3) is 0 Å². The van der Waals surface area contributed by atoms with Crippen LogP contribution in [0.3, 0.4) is 0 Å². The highest BCUT2D eigenvalue weighted by molar-refractivity contribution is 8.77. The third-order valence-corrected chi connectivity index (χ3v) is 12.8. The van der Waals surface area contributed by atoms with Crippen LogP contribution in [0.4, 0.5) is 0 Å². The summed E-state index contributed by atoms with van der Waals surface area (Å²) >= 11 is 0. The summed E-state index contributed by atoms with van der Waals surface area (Å²) in [5.74, 6) is 6.02. The van der Waals surface area contributed by atoms with E-state index < -0.39 is 5.41 Å². The standard InChI is InChI=1S/C30H61NO9S6.8CH4/c1-5-9-31-29(32)24-36-13-17-40-28-30(25-37-14-10-33-18-21-44-41-6-2,26-38-15-11-34-19-22-45-42-7-3)27-39-16-12-35-20-23-46-43-8-4;;;;;;;;/h5-28H2,1-4H3,(H,31,32);8*1H4. The smallest absolute Gasteiger partial charge is 0.245 e. The maximum atomic E-state index is 11.8. The zero-order valence-electron chi connectivity index (χ0n) is 28.6. The van der Waals surface area contributed by atoms with Crippen molar-refractivity contribution in [3.63, 3.8) is 0 Å². The first kappa shape index (κ1) is 76.0. The van der Waals surface area contributed by atoms with Crippen LogP contribution in [0, 0.1) is 5.41 Å². The average molecular weight is 901 g/mol. The molecule has 0 aliphatic carbocycles. The lowest BCUT2D eigenvalue weighted by molar-refractivity contribution is -0.129. The van der Waals surface area contributed by atoms with Crippen molar-refractivity contribution >= 4 is 70.7 Å². The molecule has 0 aliphatic heterocycles. The molecule has 1 N–H and O–H groups in total. The third-order valence-electron chi connectivity index (χ3n) is 5.46. The molecule has 0 radical (unpaired) electrons. The van der Waals surface area contributed by atoms with E-state index in [2.05, 4.69) is 26.1 Å². The van der Waals surface area contributed by atoms with Crippen LogP contribution in [0.2, 0.25) is 0 Å². The normalized spacial score (nSPS) is 10.1. The Bertz CT molecular complexity index is 585. The largest absolute Gasteiger partial charge is 0.378 e. The SMILES string of the molecule is C.C.C.C.C.C.C.C.CCCNC(=O)COCCOCC(COCCOCCSSCC)(COCCOCCSSCC)COCCOCCSSCC. The first-order chi connectivity index (χ1) is 22.6. The van der Waals surface area contributed by atoms with Crippen molar-refractivity contribution in [1.82, 2.24) is 5.32 Å². The lowest BCUT2D eigenvalue weighted by Crippen LogP contribution is -2.43. The fraction of sp³-hybridized carbons (Fsp3) is 0.974. The molecule has 0 bridgehead atoms. The Hall–Kier alpha value is 1.25. The molecule has 54 heavy (non-hydrogen) atoms.